The number of carbonyl (C=O) groups is 5. The third kappa shape index (κ3) is 17.6. The first-order valence-electron chi connectivity index (χ1n) is 34.9. The molecule has 0 aromatic heterocycles. The molecular weight excluding hydrogens is 1350 g/mol. The van der Waals surface area contributed by atoms with Crippen molar-refractivity contribution in [2.45, 2.75) is 140 Å². The van der Waals surface area contributed by atoms with Gasteiger partial charge in [-0.3, -0.25) is 9.59 Å². The molecule has 9 aromatic carbocycles. The zero-order valence-electron chi connectivity index (χ0n) is 62.4. The van der Waals surface area contributed by atoms with Crippen LogP contribution in [0.4, 0.5) is 0 Å². The van der Waals surface area contributed by atoms with Crippen LogP contribution in [0.5, 0.6) is 17.2 Å². The molecule has 13 nitrogen and oxygen atoms in total. The van der Waals surface area contributed by atoms with Gasteiger partial charge in [0.25, 0.3) is 0 Å². The summed E-state index contributed by atoms with van der Waals surface area (Å²) in [6.07, 6.45) is 0.882. The Balaban J connectivity index is 1.00. The molecule has 16 heteroatoms. The van der Waals surface area contributed by atoms with Crippen molar-refractivity contribution in [3.05, 3.63) is 267 Å². The third-order valence-electron chi connectivity index (χ3n) is 19.0. The molecule has 0 bridgehead atoms. The standard InChI is InChI=1S/C87H97O13P3/c1-17-87(55-98-74(88)51-95-79-61(5)70(58(2)48-71(79)84(8,9)10)54-101(64-36-24-18-25-37-64)65-38-26-19-27-39-65,56-99-75(89)52-96-80-62(6)77(59(3)49-72(80)85(11,12)13)82(91)102(93,66-40-28-20-29-41-66)67-42-30-21-31-43-67)57-100-76(90)53-97-81-63(7)78(60(4)50-73(81)86(14,15)16)83(92)103(94,68-44-32-22-33-45-68)69-46-34-23-35-47-69/h18-50H,17,51-57H2,1-16H3. The maximum atomic E-state index is 15.5. The van der Waals surface area contributed by atoms with Gasteiger partial charge in [-0.15, -0.1) is 0 Å². The topological polar surface area (TPSA) is 175 Å². The number of benzene rings is 9. The monoisotopic (exact) mass is 1440 g/mol. The zero-order valence-corrected chi connectivity index (χ0v) is 65.0. The molecule has 0 aliphatic carbocycles. The fourth-order valence-corrected chi connectivity index (χ4v) is 20.8. The Kier molecular flexibility index (Phi) is 24.9. The molecule has 0 N–H and O–H groups in total. The first-order valence-corrected chi connectivity index (χ1v) is 39.9. The van der Waals surface area contributed by atoms with Gasteiger partial charge in [-0.25, -0.2) is 14.4 Å². The number of hydrogen-bond acceptors (Lipinski definition) is 13. The maximum Gasteiger partial charge on any atom is 0.344 e. The average molecular weight is 1440 g/mol. The van der Waals surface area contributed by atoms with Crippen LogP contribution >= 0.6 is 22.2 Å². The summed E-state index contributed by atoms with van der Waals surface area (Å²) >= 11 is 0. The highest BCUT2D eigenvalue weighted by Gasteiger charge is 2.42. The van der Waals surface area contributed by atoms with Gasteiger partial charge in [0.2, 0.25) is 25.3 Å². The molecule has 9 rings (SSSR count). The Morgan fingerprint density at radius 3 is 0.903 bits per heavy atom. The van der Waals surface area contributed by atoms with E-state index in [1.807, 2.05) is 72.7 Å². The van der Waals surface area contributed by atoms with Crippen molar-refractivity contribution in [3.63, 3.8) is 0 Å². The van der Waals surface area contributed by atoms with Crippen LogP contribution in [0.2, 0.25) is 0 Å². The Morgan fingerprint density at radius 1 is 0.369 bits per heavy atom. The van der Waals surface area contributed by atoms with E-state index in [1.165, 1.54) is 10.6 Å². The van der Waals surface area contributed by atoms with Crippen LogP contribution in [0.3, 0.4) is 0 Å². The second-order valence-electron chi connectivity index (χ2n) is 29.7. The fourth-order valence-electron chi connectivity index (χ4n) is 13.1. The summed E-state index contributed by atoms with van der Waals surface area (Å²) in [5.74, 6) is -1.28. The van der Waals surface area contributed by atoms with Crippen molar-refractivity contribution in [2.75, 3.05) is 39.6 Å². The van der Waals surface area contributed by atoms with Crippen LogP contribution in [-0.4, -0.2) is 68.6 Å². The van der Waals surface area contributed by atoms with Gasteiger partial charge >= 0.3 is 17.9 Å². The molecule has 0 heterocycles. The van der Waals surface area contributed by atoms with Crippen molar-refractivity contribution < 1.29 is 61.5 Å². The number of aryl methyl sites for hydroxylation is 3. The van der Waals surface area contributed by atoms with E-state index in [0.29, 0.717) is 60.3 Å². The Bertz CT molecular complexity index is 4300. The highest BCUT2D eigenvalue weighted by atomic mass is 31.2. The molecule has 0 saturated heterocycles. The minimum Gasteiger partial charge on any atom is -0.481 e. The van der Waals surface area contributed by atoms with Gasteiger partial charge in [0.15, 0.2) is 19.8 Å². The van der Waals surface area contributed by atoms with E-state index in [9.17, 15) is 14.4 Å². The van der Waals surface area contributed by atoms with E-state index in [-0.39, 0.29) is 29.0 Å². The average Bonchev–Trinajstić information content (AvgIpc) is 0.750. The largest absolute Gasteiger partial charge is 0.481 e. The van der Waals surface area contributed by atoms with Crippen LogP contribution in [0.15, 0.2) is 200 Å². The normalized spacial score (nSPS) is 12.2. The van der Waals surface area contributed by atoms with Crippen LogP contribution < -0.4 is 46.0 Å². The summed E-state index contributed by atoms with van der Waals surface area (Å²) in [6, 6.07) is 61.6. The van der Waals surface area contributed by atoms with Crippen molar-refractivity contribution >= 4 is 83.0 Å². The molecule has 0 radical (unpaired) electrons. The molecule has 0 spiro atoms. The van der Waals surface area contributed by atoms with Crippen LogP contribution in [0.1, 0.15) is 152 Å². The lowest BCUT2D eigenvalue weighted by Gasteiger charge is -2.31. The van der Waals surface area contributed by atoms with Gasteiger partial charge in [-0.05, 0) is 111 Å². The lowest BCUT2D eigenvalue weighted by Crippen LogP contribution is -2.40. The molecule has 0 fully saturated rings. The fraction of sp³-hybridized carbons (Fsp3) is 0.322. The molecule has 0 amide bonds. The van der Waals surface area contributed by atoms with E-state index in [0.717, 1.165) is 28.4 Å². The van der Waals surface area contributed by atoms with E-state index in [4.69, 9.17) is 28.4 Å². The highest BCUT2D eigenvalue weighted by Crippen LogP contribution is 2.52. The highest BCUT2D eigenvalue weighted by molar-refractivity contribution is 7.94. The quantitative estimate of drug-likeness (QED) is 0.0258. The van der Waals surface area contributed by atoms with Gasteiger partial charge < -0.3 is 37.6 Å². The predicted molar refractivity (Wildman–Crippen MR) is 417 cm³/mol. The van der Waals surface area contributed by atoms with Crippen LogP contribution in [0.25, 0.3) is 0 Å². The summed E-state index contributed by atoms with van der Waals surface area (Å²) in [7, 11) is -8.81. The molecule has 0 atom stereocenters. The molecule has 538 valence electrons. The van der Waals surface area contributed by atoms with E-state index >= 15 is 18.7 Å². The molecule has 0 saturated carbocycles. The SMILES string of the molecule is CCC(COC(=O)COc1c(C(C)(C)C)cc(C)c(CP(c2ccccc2)c2ccccc2)c1C)(COC(=O)COc1c(C(C)(C)C)cc(C)c(C(=O)P(=O)(c2ccccc2)c2ccccc2)c1C)COC(=O)COc1c(C(C)(C)C)cc(C)c(C(=O)P(=O)(c2ccccc2)c2ccccc2)c1C. The first kappa shape index (κ1) is 78.2. The molecule has 0 aliphatic rings. The predicted octanol–water partition coefficient (Wildman–Crippen LogP) is 16.9. The van der Waals surface area contributed by atoms with Gasteiger partial charge in [0, 0.05) is 66.3 Å². The Labute approximate surface area is 609 Å². The maximum absolute atomic E-state index is 15.5. The van der Waals surface area contributed by atoms with Gasteiger partial charge in [0.05, 0.1) is 5.41 Å². The van der Waals surface area contributed by atoms with Gasteiger partial charge in [-0.2, -0.15) is 0 Å². The Morgan fingerprint density at radius 2 is 0.631 bits per heavy atom. The van der Waals surface area contributed by atoms with Crippen molar-refractivity contribution in [1.82, 2.24) is 0 Å². The second kappa shape index (κ2) is 32.8. The number of esters is 3. The van der Waals surface area contributed by atoms with Crippen molar-refractivity contribution in [3.8, 4) is 17.2 Å². The van der Waals surface area contributed by atoms with Crippen LogP contribution in [0, 0.1) is 47.0 Å². The minimum absolute atomic E-state index is 0.156. The molecule has 0 unspecified atom stereocenters. The third-order valence-corrected chi connectivity index (χ3v) is 27.2. The summed E-state index contributed by atoms with van der Waals surface area (Å²) in [6.45, 7) is 28.3. The van der Waals surface area contributed by atoms with Crippen molar-refractivity contribution in [2.24, 2.45) is 5.41 Å². The lowest BCUT2D eigenvalue weighted by atomic mass is 9.83. The second-order valence-corrected chi connectivity index (χ2v) is 37.2. The van der Waals surface area contributed by atoms with E-state index in [1.54, 1.807) is 156 Å². The van der Waals surface area contributed by atoms with E-state index in [2.05, 4.69) is 82.3 Å². The molecule has 0 aliphatic heterocycles. The summed E-state index contributed by atoms with van der Waals surface area (Å²) in [5.41, 5.74) is 3.79. The Hall–Kier alpha value is -8.98. The molecule has 9 aromatic rings. The molecule has 103 heavy (non-hydrogen) atoms. The number of carbonyl (C=O) groups excluding carboxylic acids is 5. The lowest BCUT2D eigenvalue weighted by molar-refractivity contribution is -0.165. The first-order chi connectivity index (χ1) is 48.7. The summed E-state index contributed by atoms with van der Waals surface area (Å²) < 4.78 is 69.0. The number of rotatable bonds is 28. The summed E-state index contributed by atoms with van der Waals surface area (Å²) in [5, 5.41) is 3.96. The number of ether oxygens (including phenoxy) is 6. The van der Waals surface area contributed by atoms with Gasteiger partial charge in [-0.1, -0.05) is 269 Å². The van der Waals surface area contributed by atoms with Gasteiger partial charge in [0.1, 0.15) is 37.1 Å². The zero-order chi connectivity index (χ0) is 74.8. The smallest absolute Gasteiger partial charge is 0.344 e. The van der Waals surface area contributed by atoms with Crippen molar-refractivity contribution in [1.29, 1.82) is 0 Å². The van der Waals surface area contributed by atoms with E-state index < -0.39 is 112 Å². The minimum atomic E-state index is -3.99. The van der Waals surface area contributed by atoms with Crippen LogP contribution in [-0.2, 0) is 60.1 Å². The number of hydrogen-bond donors (Lipinski definition) is 0. The molecular formula is C87H97O13P3. The summed E-state index contributed by atoms with van der Waals surface area (Å²) in [4.78, 5) is 73.6.